The minimum absolute atomic E-state index is 0.0867. The normalized spacial score (nSPS) is 16.8. The molecule has 10 nitrogen and oxygen atoms in total. The standard InChI is InChI=1S/C27H26N6O4S/c1-32-12-9-22(26(32)35)37-21-15-18(25(34)29-27-28-10-13-38-27)14-20(16-21)36-19-7-5-17(6-8-19)24-31-30-23-4-2-3-11-33(23)24/h5-8,10,13-16,22H,2-4,9,11-12H2,1H3,(H,28,29,34)/t22-/m1/s1. The number of likely N-dealkylation sites (tertiary alicyclic amines) is 1. The van der Waals surface area contributed by atoms with Crippen molar-refractivity contribution in [1.82, 2.24) is 24.6 Å². The summed E-state index contributed by atoms with van der Waals surface area (Å²) in [7, 11) is 1.75. The molecular weight excluding hydrogens is 504 g/mol. The fraction of sp³-hybridized carbons (Fsp3) is 0.296. The van der Waals surface area contributed by atoms with Gasteiger partial charge in [0.1, 0.15) is 23.1 Å². The van der Waals surface area contributed by atoms with Crippen molar-refractivity contribution in [2.75, 3.05) is 18.9 Å². The quantitative estimate of drug-likeness (QED) is 0.377. The summed E-state index contributed by atoms with van der Waals surface area (Å²) in [5.41, 5.74) is 1.29. The Hall–Kier alpha value is -4.25. The largest absolute Gasteiger partial charge is 0.480 e. The first kappa shape index (κ1) is 24.1. The van der Waals surface area contributed by atoms with E-state index in [2.05, 4.69) is 25.1 Å². The summed E-state index contributed by atoms with van der Waals surface area (Å²) in [6.07, 6.45) is 4.82. The SMILES string of the molecule is CN1CC[C@@H](Oc2cc(Oc3ccc(-c4nnc5n4CCCC5)cc3)cc(C(=O)Nc3nccs3)c2)C1=O. The maximum absolute atomic E-state index is 13.0. The fourth-order valence-electron chi connectivity index (χ4n) is 4.68. The zero-order valence-corrected chi connectivity index (χ0v) is 21.6. The molecule has 11 heteroatoms. The van der Waals surface area contributed by atoms with Gasteiger partial charge < -0.3 is 18.9 Å². The van der Waals surface area contributed by atoms with Gasteiger partial charge in [-0.1, -0.05) is 0 Å². The first-order valence-electron chi connectivity index (χ1n) is 12.5. The number of fused-ring (bicyclic) bond motifs is 1. The predicted octanol–water partition coefficient (Wildman–Crippen LogP) is 4.39. The molecule has 6 rings (SSSR count). The average molecular weight is 531 g/mol. The lowest BCUT2D eigenvalue weighted by Gasteiger charge is -2.16. The molecule has 1 atom stereocenters. The molecule has 38 heavy (non-hydrogen) atoms. The summed E-state index contributed by atoms with van der Waals surface area (Å²) in [5.74, 6) is 2.83. The number of nitrogens with zero attached hydrogens (tertiary/aromatic N) is 5. The number of rotatable bonds is 7. The molecule has 2 aliphatic heterocycles. The van der Waals surface area contributed by atoms with E-state index in [9.17, 15) is 9.59 Å². The van der Waals surface area contributed by atoms with Gasteiger partial charge in [-0.05, 0) is 49.2 Å². The zero-order chi connectivity index (χ0) is 26.1. The number of anilines is 1. The van der Waals surface area contributed by atoms with Crippen molar-refractivity contribution in [1.29, 1.82) is 0 Å². The third-order valence-electron chi connectivity index (χ3n) is 6.66. The summed E-state index contributed by atoms with van der Waals surface area (Å²) in [6, 6.07) is 12.6. The Morgan fingerprint density at radius 3 is 2.66 bits per heavy atom. The van der Waals surface area contributed by atoms with E-state index in [1.54, 1.807) is 41.7 Å². The molecule has 2 amide bonds. The molecule has 1 saturated heterocycles. The molecule has 2 aromatic carbocycles. The van der Waals surface area contributed by atoms with Crippen LogP contribution in [0.25, 0.3) is 11.4 Å². The topological polar surface area (TPSA) is 111 Å². The van der Waals surface area contributed by atoms with Crippen LogP contribution in [-0.4, -0.2) is 56.2 Å². The number of carbonyl (C=O) groups is 2. The number of thiazole rings is 1. The van der Waals surface area contributed by atoms with E-state index in [4.69, 9.17) is 9.47 Å². The number of benzene rings is 2. The number of carbonyl (C=O) groups excluding carboxylic acids is 2. The second-order valence-corrected chi connectivity index (χ2v) is 10.2. The predicted molar refractivity (Wildman–Crippen MR) is 142 cm³/mol. The summed E-state index contributed by atoms with van der Waals surface area (Å²) in [6.45, 7) is 1.55. The molecule has 4 aromatic rings. The van der Waals surface area contributed by atoms with Gasteiger partial charge in [0, 0.05) is 61.7 Å². The van der Waals surface area contributed by atoms with E-state index < -0.39 is 6.10 Å². The maximum Gasteiger partial charge on any atom is 0.263 e. The Morgan fingerprint density at radius 2 is 1.89 bits per heavy atom. The van der Waals surface area contributed by atoms with E-state index in [0.29, 0.717) is 40.9 Å². The first-order chi connectivity index (χ1) is 18.5. The highest BCUT2D eigenvalue weighted by atomic mass is 32.1. The molecule has 0 spiro atoms. The van der Waals surface area contributed by atoms with Crippen molar-refractivity contribution >= 4 is 28.3 Å². The van der Waals surface area contributed by atoms with Crippen molar-refractivity contribution in [3.63, 3.8) is 0 Å². The number of aromatic nitrogens is 4. The maximum atomic E-state index is 13.0. The molecule has 1 N–H and O–H groups in total. The molecule has 194 valence electrons. The van der Waals surface area contributed by atoms with Crippen LogP contribution in [0.3, 0.4) is 0 Å². The van der Waals surface area contributed by atoms with Gasteiger partial charge in [0.25, 0.3) is 11.8 Å². The monoisotopic (exact) mass is 530 g/mol. The first-order valence-corrected chi connectivity index (χ1v) is 13.4. The number of aryl methyl sites for hydroxylation is 1. The Morgan fingerprint density at radius 1 is 1.05 bits per heavy atom. The van der Waals surface area contributed by atoms with Crippen LogP contribution in [0, 0.1) is 0 Å². The van der Waals surface area contributed by atoms with Crippen LogP contribution in [0.2, 0.25) is 0 Å². The Kier molecular flexibility index (Phi) is 6.50. The van der Waals surface area contributed by atoms with Crippen LogP contribution in [0.1, 0.15) is 35.4 Å². The number of likely N-dealkylation sites (N-methyl/N-ethyl adjacent to an activating group) is 1. The minimum atomic E-state index is -0.599. The van der Waals surface area contributed by atoms with Crippen molar-refractivity contribution in [3.8, 4) is 28.6 Å². The van der Waals surface area contributed by atoms with Crippen LogP contribution >= 0.6 is 11.3 Å². The third kappa shape index (κ3) is 4.97. The number of hydrogen-bond donors (Lipinski definition) is 1. The molecule has 2 aromatic heterocycles. The van der Waals surface area contributed by atoms with Crippen LogP contribution in [-0.2, 0) is 17.8 Å². The summed E-state index contributed by atoms with van der Waals surface area (Å²) in [5, 5.41) is 13.8. The zero-order valence-electron chi connectivity index (χ0n) is 20.8. The van der Waals surface area contributed by atoms with Gasteiger partial charge >= 0.3 is 0 Å². The minimum Gasteiger partial charge on any atom is -0.480 e. The average Bonchev–Trinajstić information content (AvgIpc) is 3.67. The number of amides is 2. The molecule has 4 heterocycles. The number of ether oxygens (including phenoxy) is 2. The van der Waals surface area contributed by atoms with E-state index in [1.807, 2.05) is 24.3 Å². The van der Waals surface area contributed by atoms with Crippen molar-refractivity contribution in [3.05, 3.63) is 65.4 Å². The highest BCUT2D eigenvalue weighted by Crippen LogP contribution is 2.31. The van der Waals surface area contributed by atoms with Crippen molar-refractivity contribution < 1.29 is 19.1 Å². The molecule has 0 unspecified atom stereocenters. The molecule has 0 bridgehead atoms. The summed E-state index contributed by atoms with van der Waals surface area (Å²) >= 11 is 1.33. The molecule has 1 fully saturated rings. The highest BCUT2D eigenvalue weighted by Gasteiger charge is 2.31. The number of hydrogen-bond acceptors (Lipinski definition) is 8. The van der Waals surface area contributed by atoms with Gasteiger partial charge in [-0.3, -0.25) is 14.9 Å². The number of nitrogens with one attached hydrogen (secondary N) is 1. The van der Waals surface area contributed by atoms with E-state index in [0.717, 1.165) is 43.0 Å². The molecule has 0 saturated carbocycles. The van der Waals surface area contributed by atoms with E-state index in [1.165, 1.54) is 11.3 Å². The van der Waals surface area contributed by atoms with Crippen molar-refractivity contribution in [2.24, 2.45) is 0 Å². The van der Waals surface area contributed by atoms with Crippen LogP contribution in [0.4, 0.5) is 5.13 Å². The Bertz CT molecular complexity index is 1470. The van der Waals surface area contributed by atoms with Gasteiger partial charge in [0.05, 0.1) is 0 Å². The van der Waals surface area contributed by atoms with E-state index >= 15 is 0 Å². The lowest BCUT2D eigenvalue weighted by atomic mass is 10.1. The highest BCUT2D eigenvalue weighted by molar-refractivity contribution is 7.13. The van der Waals surface area contributed by atoms with Crippen LogP contribution < -0.4 is 14.8 Å². The van der Waals surface area contributed by atoms with Gasteiger partial charge in [0.15, 0.2) is 17.1 Å². The van der Waals surface area contributed by atoms with Gasteiger partial charge in [0.2, 0.25) is 0 Å². The Balaban J connectivity index is 1.25. The van der Waals surface area contributed by atoms with Gasteiger partial charge in [-0.25, -0.2) is 4.98 Å². The smallest absolute Gasteiger partial charge is 0.263 e. The molecule has 2 aliphatic rings. The Labute approximate surface area is 223 Å². The lowest BCUT2D eigenvalue weighted by Crippen LogP contribution is -2.29. The van der Waals surface area contributed by atoms with E-state index in [-0.39, 0.29) is 11.8 Å². The summed E-state index contributed by atoms with van der Waals surface area (Å²) in [4.78, 5) is 31.1. The second kappa shape index (κ2) is 10.3. The lowest BCUT2D eigenvalue weighted by molar-refractivity contribution is -0.132. The van der Waals surface area contributed by atoms with Crippen molar-refractivity contribution in [2.45, 2.75) is 38.3 Å². The second-order valence-electron chi connectivity index (χ2n) is 9.31. The third-order valence-corrected chi connectivity index (χ3v) is 7.35. The molecular formula is C27H26N6O4S. The van der Waals surface area contributed by atoms with Gasteiger partial charge in [-0.15, -0.1) is 21.5 Å². The molecule has 0 aliphatic carbocycles. The van der Waals surface area contributed by atoms with Crippen LogP contribution in [0.5, 0.6) is 17.2 Å². The fourth-order valence-corrected chi connectivity index (χ4v) is 5.20. The van der Waals surface area contributed by atoms with Gasteiger partial charge in [-0.2, -0.15) is 0 Å². The summed E-state index contributed by atoms with van der Waals surface area (Å²) < 4.78 is 14.3. The molecule has 0 radical (unpaired) electrons. The van der Waals surface area contributed by atoms with Crippen LogP contribution in [0.15, 0.2) is 54.0 Å².